The van der Waals surface area contributed by atoms with Crippen LogP contribution in [0.5, 0.6) is 0 Å². The first kappa shape index (κ1) is 12.3. The molecule has 3 N–H and O–H groups in total. The molecule has 0 spiro atoms. The lowest BCUT2D eigenvalue weighted by atomic mass is 9.97. The Morgan fingerprint density at radius 2 is 2.21 bits per heavy atom. The Labute approximate surface area is 112 Å². The molecule has 1 aromatic heterocycles. The Bertz CT molecular complexity index is 461. The molecule has 0 saturated carbocycles. The molecule has 2 unspecified atom stereocenters. The molecule has 0 bridgehead atoms. The second kappa shape index (κ2) is 5.13. The quantitative estimate of drug-likeness (QED) is 0.806. The number of piperidine rings is 1. The van der Waals surface area contributed by atoms with Gasteiger partial charge < -0.3 is 16.0 Å². The minimum atomic E-state index is -0.149. The summed E-state index contributed by atoms with van der Waals surface area (Å²) in [6.07, 6.45) is 7.45. The lowest BCUT2D eigenvalue weighted by Crippen LogP contribution is -2.47. The highest BCUT2D eigenvalue weighted by Gasteiger charge is 2.32. The van der Waals surface area contributed by atoms with Crippen LogP contribution in [0, 0.1) is 0 Å². The van der Waals surface area contributed by atoms with Gasteiger partial charge in [-0.25, -0.2) is 9.97 Å². The summed E-state index contributed by atoms with van der Waals surface area (Å²) >= 11 is 0. The molecule has 2 atom stereocenters. The van der Waals surface area contributed by atoms with E-state index in [0.29, 0.717) is 17.6 Å². The van der Waals surface area contributed by atoms with Crippen molar-refractivity contribution in [2.75, 3.05) is 18.8 Å². The van der Waals surface area contributed by atoms with Gasteiger partial charge in [-0.1, -0.05) is 0 Å². The third kappa shape index (κ3) is 2.68. The lowest BCUT2D eigenvalue weighted by molar-refractivity contribution is 0.0891. The molecule has 2 fully saturated rings. The van der Waals surface area contributed by atoms with Crippen molar-refractivity contribution in [2.45, 2.75) is 37.8 Å². The zero-order chi connectivity index (χ0) is 13.2. The maximum atomic E-state index is 12.0. The fraction of sp³-hybridized carbons (Fsp3) is 0.615. The van der Waals surface area contributed by atoms with Crippen molar-refractivity contribution in [3.8, 4) is 0 Å². The Morgan fingerprint density at radius 3 is 3.00 bits per heavy atom. The molecule has 2 aliphatic rings. The number of hydrogen-bond donors (Lipinski definition) is 2. The van der Waals surface area contributed by atoms with Gasteiger partial charge >= 0.3 is 0 Å². The Hall–Kier alpha value is -1.69. The Morgan fingerprint density at radius 1 is 1.32 bits per heavy atom. The highest BCUT2D eigenvalue weighted by atomic mass is 16.1. The molecule has 1 amide bonds. The van der Waals surface area contributed by atoms with Crippen molar-refractivity contribution in [1.29, 1.82) is 0 Å². The first-order chi connectivity index (χ1) is 9.22. The average molecular weight is 261 g/mol. The van der Waals surface area contributed by atoms with Crippen LogP contribution in [-0.4, -0.2) is 45.9 Å². The number of nitrogen functional groups attached to an aromatic ring is 1. The second-order valence-corrected chi connectivity index (χ2v) is 5.35. The van der Waals surface area contributed by atoms with Crippen molar-refractivity contribution < 1.29 is 4.79 Å². The molecule has 102 valence electrons. The summed E-state index contributed by atoms with van der Waals surface area (Å²) in [7, 11) is 0. The van der Waals surface area contributed by atoms with E-state index >= 15 is 0 Å². The van der Waals surface area contributed by atoms with Crippen molar-refractivity contribution in [1.82, 2.24) is 20.2 Å². The van der Waals surface area contributed by atoms with E-state index in [9.17, 15) is 4.79 Å². The summed E-state index contributed by atoms with van der Waals surface area (Å²) in [4.78, 5) is 22.5. The van der Waals surface area contributed by atoms with Gasteiger partial charge in [0.2, 0.25) is 0 Å². The zero-order valence-electron chi connectivity index (χ0n) is 10.9. The molecule has 0 radical (unpaired) electrons. The Kier molecular flexibility index (Phi) is 3.33. The van der Waals surface area contributed by atoms with Gasteiger partial charge in [0.1, 0.15) is 11.5 Å². The van der Waals surface area contributed by atoms with Crippen molar-refractivity contribution >= 4 is 11.7 Å². The molecule has 3 rings (SSSR count). The van der Waals surface area contributed by atoms with Gasteiger partial charge in [-0.3, -0.25) is 4.79 Å². The molecule has 19 heavy (non-hydrogen) atoms. The molecule has 0 aromatic carbocycles. The third-order valence-corrected chi connectivity index (χ3v) is 4.06. The zero-order valence-corrected chi connectivity index (χ0v) is 10.9. The van der Waals surface area contributed by atoms with Crippen molar-refractivity contribution in [3.05, 3.63) is 18.1 Å². The summed E-state index contributed by atoms with van der Waals surface area (Å²) < 4.78 is 0. The molecule has 3 heterocycles. The van der Waals surface area contributed by atoms with Gasteiger partial charge in [-0.2, -0.15) is 0 Å². The molecular weight excluding hydrogens is 242 g/mol. The molecule has 1 aromatic rings. The number of aromatic nitrogens is 2. The van der Waals surface area contributed by atoms with Gasteiger partial charge in [-0.15, -0.1) is 0 Å². The SMILES string of the molecule is Nc1cnc(C(=O)NC2CCN3CCCC3C2)cn1. The highest BCUT2D eigenvalue weighted by Crippen LogP contribution is 2.26. The molecule has 0 aliphatic carbocycles. The smallest absolute Gasteiger partial charge is 0.271 e. The van der Waals surface area contributed by atoms with Gasteiger partial charge in [0.05, 0.1) is 12.4 Å². The molecule has 2 saturated heterocycles. The summed E-state index contributed by atoms with van der Waals surface area (Å²) in [5.41, 5.74) is 5.79. The maximum Gasteiger partial charge on any atom is 0.271 e. The summed E-state index contributed by atoms with van der Waals surface area (Å²) in [5, 5.41) is 3.06. The standard InChI is InChI=1S/C13H19N5O/c14-12-8-15-11(7-16-12)13(19)17-9-3-5-18-4-1-2-10(18)6-9/h7-10H,1-6H2,(H2,14,16)(H,17,19). The van der Waals surface area contributed by atoms with Crippen LogP contribution >= 0.6 is 0 Å². The number of nitrogens with two attached hydrogens (primary N) is 1. The minimum Gasteiger partial charge on any atom is -0.382 e. The molecule has 6 heteroatoms. The molecular formula is C13H19N5O. The van der Waals surface area contributed by atoms with Crippen LogP contribution in [0.15, 0.2) is 12.4 Å². The monoisotopic (exact) mass is 261 g/mol. The number of carbonyl (C=O) groups is 1. The Balaban J connectivity index is 1.59. The normalized spacial score (nSPS) is 26.9. The highest BCUT2D eigenvalue weighted by molar-refractivity contribution is 5.92. The number of hydrogen-bond acceptors (Lipinski definition) is 5. The van der Waals surface area contributed by atoms with E-state index in [1.165, 1.54) is 31.8 Å². The molecule has 2 aliphatic heterocycles. The number of carbonyl (C=O) groups excluding carboxylic acids is 1. The predicted octanol–water partition coefficient (Wildman–Crippen LogP) is 0.415. The van der Waals surface area contributed by atoms with Gasteiger partial charge in [0.25, 0.3) is 5.91 Å². The number of amides is 1. The average Bonchev–Trinajstić information content (AvgIpc) is 2.87. The van der Waals surface area contributed by atoms with E-state index in [1.807, 2.05) is 0 Å². The van der Waals surface area contributed by atoms with Crippen molar-refractivity contribution in [3.63, 3.8) is 0 Å². The number of nitrogens with zero attached hydrogens (tertiary/aromatic N) is 3. The van der Waals surface area contributed by atoms with E-state index in [2.05, 4.69) is 20.2 Å². The number of fused-ring (bicyclic) bond motifs is 1. The fourth-order valence-corrected chi connectivity index (χ4v) is 3.07. The van der Waals surface area contributed by atoms with Gasteiger partial charge in [0.15, 0.2) is 0 Å². The summed E-state index contributed by atoms with van der Waals surface area (Å²) in [6.45, 7) is 2.30. The first-order valence-electron chi connectivity index (χ1n) is 6.85. The van der Waals surface area contributed by atoms with Gasteiger partial charge in [0, 0.05) is 18.6 Å². The minimum absolute atomic E-state index is 0.149. The number of nitrogens with one attached hydrogen (secondary N) is 1. The van der Waals surface area contributed by atoms with E-state index in [4.69, 9.17) is 5.73 Å². The topological polar surface area (TPSA) is 84.1 Å². The lowest BCUT2D eigenvalue weighted by Gasteiger charge is -2.35. The van der Waals surface area contributed by atoms with E-state index in [1.54, 1.807) is 0 Å². The van der Waals surface area contributed by atoms with Gasteiger partial charge in [-0.05, 0) is 32.2 Å². The van der Waals surface area contributed by atoms with E-state index in [0.717, 1.165) is 19.4 Å². The first-order valence-corrected chi connectivity index (χ1v) is 6.85. The van der Waals surface area contributed by atoms with E-state index < -0.39 is 0 Å². The number of rotatable bonds is 2. The summed E-state index contributed by atoms with van der Waals surface area (Å²) in [5.74, 6) is 0.180. The molecule has 6 nitrogen and oxygen atoms in total. The summed E-state index contributed by atoms with van der Waals surface area (Å²) in [6, 6.07) is 0.905. The second-order valence-electron chi connectivity index (χ2n) is 5.35. The maximum absolute atomic E-state index is 12.0. The van der Waals surface area contributed by atoms with Crippen LogP contribution in [0.1, 0.15) is 36.2 Å². The van der Waals surface area contributed by atoms with Crippen LogP contribution in [0.2, 0.25) is 0 Å². The fourth-order valence-electron chi connectivity index (χ4n) is 3.07. The van der Waals surface area contributed by atoms with Crippen LogP contribution in [0.4, 0.5) is 5.82 Å². The van der Waals surface area contributed by atoms with Crippen molar-refractivity contribution in [2.24, 2.45) is 0 Å². The van der Waals surface area contributed by atoms with Crippen LogP contribution in [-0.2, 0) is 0 Å². The van der Waals surface area contributed by atoms with Crippen LogP contribution in [0.25, 0.3) is 0 Å². The predicted molar refractivity (Wildman–Crippen MR) is 71.5 cm³/mol. The van der Waals surface area contributed by atoms with E-state index in [-0.39, 0.29) is 11.9 Å². The third-order valence-electron chi connectivity index (χ3n) is 4.06. The number of anilines is 1. The van der Waals surface area contributed by atoms with Crippen LogP contribution < -0.4 is 11.1 Å². The largest absolute Gasteiger partial charge is 0.382 e. The van der Waals surface area contributed by atoms with Crippen LogP contribution in [0.3, 0.4) is 0 Å².